The molecule has 0 aliphatic rings. The topological polar surface area (TPSA) is 72.9 Å². The van der Waals surface area contributed by atoms with Crippen LogP contribution in [0.3, 0.4) is 0 Å². The van der Waals surface area contributed by atoms with E-state index in [9.17, 15) is 18.0 Å². The number of hydrazine groups is 1. The Morgan fingerprint density at radius 2 is 2.27 bits per heavy atom. The van der Waals surface area contributed by atoms with Crippen molar-refractivity contribution in [1.29, 1.82) is 0 Å². The zero-order valence-corrected chi connectivity index (χ0v) is 8.76. The maximum atomic E-state index is 12.3. The Bertz CT molecular complexity index is 375. The number of carbonyl (C=O) groups is 1. The average molecular weight is 287 g/mol. The lowest BCUT2D eigenvalue weighted by atomic mass is 10.4. The van der Waals surface area contributed by atoms with Gasteiger partial charge in [0.2, 0.25) is 0 Å². The number of hydrogen-bond acceptors (Lipinski definition) is 3. The summed E-state index contributed by atoms with van der Waals surface area (Å²) in [6, 6.07) is 0. The highest BCUT2D eigenvalue weighted by Crippen LogP contribution is 2.33. The van der Waals surface area contributed by atoms with Crippen LogP contribution < -0.4 is 11.3 Å². The number of alkyl halides is 3. The summed E-state index contributed by atoms with van der Waals surface area (Å²) in [5.41, 5.74) is 0.708. The van der Waals surface area contributed by atoms with E-state index in [-0.39, 0.29) is 11.0 Å². The average Bonchev–Trinajstić information content (AvgIpc) is 2.45. The van der Waals surface area contributed by atoms with Crippen LogP contribution in [-0.2, 0) is 17.5 Å². The third-order valence-corrected chi connectivity index (χ3v) is 2.03. The molecule has 0 bridgehead atoms. The molecular weight excluding hydrogens is 281 g/mol. The van der Waals surface area contributed by atoms with Crippen molar-refractivity contribution in [2.24, 2.45) is 5.84 Å². The van der Waals surface area contributed by atoms with Gasteiger partial charge in [0.15, 0.2) is 5.69 Å². The van der Waals surface area contributed by atoms with Gasteiger partial charge in [-0.2, -0.15) is 18.3 Å². The van der Waals surface area contributed by atoms with E-state index in [1.807, 2.05) is 0 Å². The highest BCUT2D eigenvalue weighted by Gasteiger charge is 2.36. The van der Waals surface area contributed by atoms with Gasteiger partial charge in [0, 0.05) is 6.20 Å². The van der Waals surface area contributed by atoms with Crippen LogP contribution in [0.2, 0.25) is 0 Å². The molecular formula is C6H6BrF3N4O. The largest absolute Gasteiger partial charge is 0.436 e. The van der Waals surface area contributed by atoms with E-state index in [0.717, 1.165) is 10.9 Å². The van der Waals surface area contributed by atoms with Gasteiger partial charge in [-0.25, -0.2) is 5.84 Å². The molecule has 0 spiro atoms. The number of carbonyl (C=O) groups excluding carboxylic acids is 1. The van der Waals surface area contributed by atoms with E-state index in [1.54, 1.807) is 5.43 Å². The molecule has 1 aromatic rings. The van der Waals surface area contributed by atoms with Crippen molar-refractivity contribution in [1.82, 2.24) is 15.2 Å². The predicted octanol–water partition coefficient (Wildman–Crippen LogP) is 0.654. The third kappa shape index (κ3) is 2.93. The van der Waals surface area contributed by atoms with Crippen molar-refractivity contribution in [2.75, 3.05) is 0 Å². The molecule has 0 aliphatic carbocycles. The zero-order chi connectivity index (χ0) is 11.6. The number of nitrogens with two attached hydrogens (primary N) is 1. The van der Waals surface area contributed by atoms with Gasteiger partial charge >= 0.3 is 6.18 Å². The number of nitrogens with zero attached hydrogens (tertiary/aromatic N) is 2. The molecule has 9 heteroatoms. The molecule has 0 aromatic carbocycles. The molecule has 3 N–H and O–H groups in total. The number of halogens is 4. The first-order chi connectivity index (χ1) is 6.84. The van der Waals surface area contributed by atoms with Crippen LogP contribution in [0.4, 0.5) is 13.2 Å². The smallest absolute Gasteiger partial charge is 0.293 e. The fourth-order valence-corrected chi connectivity index (χ4v) is 1.40. The standard InChI is InChI=1S/C6H6BrF3N4O/c7-3-1-14(2-4(15)12-11)13-5(3)6(8,9)10/h1H,2,11H2,(H,12,15). The van der Waals surface area contributed by atoms with Crippen molar-refractivity contribution in [3.05, 3.63) is 16.4 Å². The lowest BCUT2D eigenvalue weighted by Gasteiger charge is -2.02. The van der Waals surface area contributed by atoms with Gasteiger partial charge in [-0.1, -0.05) is 0 Å². The molecule has 0 aliphatic heterocycles. The minimum atomic E-state index is -4.55. The second kappa shape index (κ2) is 4.19. The maximum Gasteiger partial charge on any atom is 0.436 e. The summed E-state index contributed by atoms with van der Waals surface area (Å²) in [4.78, 5) is 10.8. The molecule has 1 rings (SSSR count). The van der Waals surface area contributed by atoms with Crippen LogP contribution in [-0.4, -0.2) is 15.7 Å². The molecule has 15 heavy (non-hydrogen) atoms. The molecule has 0 fully saturated rings. The van der Waals surface area contributed by atoms with Gasteiger partial charge in [0.1, 0.15) is 6.54 Å². The van der Waals surface area contributed by atoms with Crippen molar-refractivity contribution in [3.63, 3.8) is 0 Å². The summed E-state index contributed by atoms with van der Waals surface area (Å²) in [6.45, 7) is -0.370. The van der Waals surface area contributed by atoms with Crippen molar-refractivity contribution in [3.8, 4) is 0 Å². The summed E-state index contributed by atoms with van der Waals surface area (Å²) in [5, 5.41) is 3.20. The lowest BCUT2D eigenvalue weighted by Crippen LogP contribution is -2.33. The van der Waals surface area contributed by atoms with Crippen LogP contribution in [0.5, 0.6) is 0 Å². The fourth-order valence-electron chi connectivity index (χ4n) is 0.863. The van der Waals surface area contributed by atoms with Crippen LogP contribution in [0.15, 0.2) is 10.7 Å². The van der Waals surface area contributed by atoms with Crippen molar-refractivity contribution in [2.45, 2.75) is 12.7 Å². The maximum absolute atomic E-state index is 12.3. The van der Waals surface area contributed by atoms with Crippen LogP contribution in [0.25, 0.3) is 0 Å². The van der Waals surface area contributed by atoms with Gasteiger partial charge in [-0.3, -0.25) is 14.9 Å². The minimum Gasteiger partial charge on any atom is -0.293 e. The van der Waals surface area contributed by atoms with E-state index in [1.165, 1.54) is 0 Å². The number of aromatic nitrogens is 2. The number of amides is 1. The van der Waals surface area contributed by atoms with Gasteiger partial charge in [0.05, 0.1) is 4.47 Å². The molecule has 0 unspecified atom stereocenters. The van der Waals surface area contributed by atoms with Gasteiger partial charge in [0.25, 0.3) is 5.91 Å². The van der Waals surface area contributed by atoms with E-state index in [2.05, 4.69) is 21.0 Å². The Labute approximate surface area is 90.5 Å². The molecule has 1 amide bonds. The molecule has 0 atom stereocenters. The summed E-state index contributed by atoms with van der Waals surface area (Å²) >= 11 is 2.70. The molecule has 1 heterocycles. The molecule has 0 radical (unpaired) electrons. The minimum absolute atomic E-state index is 0.222. The van der Waals surface area contributed by atoms with Crippen LogP contribution in [0.1, 0.15) is 5.69 Å². The third-order valence-electron chi connectivity index (χ3n) is 1.45. The fraction of sp³-hybridized carbons (Fsp3) is 0.333. The van der Waals surface area contributed by atoms with Crippen molar-refractivity contribution < 1.29 is 18.0 Å². The number of hydrogen-bond donors (Lipinski definition) is 2. The van der Waals surface area contributed by atoms with Gasteiger partial charge in [-0.05, 0) is 15.9 Å². The van der Waals surface area contributed by atoms with Gasteiger partial charge in [-0.15, -0.1) is 0 Å². The monoisotopic (exact) mass is 286 g/mol. The summed E-state index contributed by atoms with van der Waals surface area (Å²) in [6.07, 6.45) is -3.50. The zero-order valence-electron chi connectivity index (χ0n) is 7.18. The Kier molecular flexibility index (Phi) is 3.35. The molecule has 84 valence electrons. The molecule has 1 aromatic heterocycles. The second-order valence-corrected chi connectivity index (χ2v) is 3.44. The van der Waals surface area contributed by atoms with E-state index < -0.39 is 17.8 Å². The quantitative estimate of drug-likeness (QED) is 0.476. The highest BCUT2D eigenvalue weighted by atomic mass is 79.9. The second-order valence-electron chi connectivity index (χ2n) is 2.59. The molecule has 5 nitrogen and oxygen atoms in total. The predicted molar refractivity (Wildman–Crippen MR) is 47.3 cm³/mol. The first-order valence-corrected chi connectivity index (χ1v) is 4.43. The normalized spacial score (nSPS) is 11.5. The Hall–Kier alpha value is -1.09. The summed E-state index contributed by atoms with van der Waals surface area (Å²) in [7, 11) is 0. The number of rotatable bonds is 2. The molecule has 0 saturated carbocycles. The Morgan fingerprint density at radius 3 is 2.67 bits per heavy atom. The van der Waals surface area contributed by atoms with E-state index in [0.29, 0.717) is 0 Å². The lowest BCUT2D eigenvalue weighted by molar-refractivity contribution is -0.142. The SMILES string of the molecule is NNC(=O)Cn1cc(Br)c(C(F)(F)F)n1. The van der Waals surface area contributed by atoms with Crippen molar-refractivity contribution >= 4 is 21.8 Å². The Morgan fingerprint density at radius 1 is 1.67 bits per heavy atom. The van der Waals surface area contributed by atoms with E-state index in [4.69, 9.17) is 5.84 Å². The van der Waals surface area contributed by atoms with Crippen LogP contribution >= 0.6 is 15.9 Å². The summed E-state index contributed by atoms with van der Waals surface area (Å²) < 4.78 is 37.4. The van der Waals surface area contributed by atoms with E-state index >= 15 is 0 Å². The first-order valence-electron chi connectivity index (χ1n) is 3.64. The number of nitrogens with one attached hydrogen (secondary N) is 1. The molecule has 0 saturated heterocycles. The highest BCUT2D eigenvalue weighted by molar-refractivity contribution is 9.10. The van der Waals surface area contributed by atoms with Crippen LogP contribution in [0, 0.1) is 0 Å². The van der Waals surface area contributed by atoms with Gasteiger partial charge < -0.3 is 0 Å². The summed E-state index contributed by atoms with van der Waals surface area (Å²) in [5.74, 6) is 4.14. The first kappa shape index (κ1) is 12.0. The Balaban J connectivity index is 2.91.